The third-order valence-corrected chi connectivity index (χ3v) is 2.32. The van der Waals surface area contributed by atoms with Crippen molar-refractivity contribution in [3.8, 4) is 0 Å². The predicted octanol–water partition coefficient (Wildman–Crippen LogP) is 3.96. The van der Waals surface area contributed by atoms with Crippen molar-refractivity contribution in [2.75, 3.05) is 0 Å². The molecule has 3 nitrogen and oxygen atoms in total. The molecule has 1 atom stereocenters. The Hall–Kier alpha value is -1.06. The van der Waals surface area contributed by atoms with Crippen molar-refractivity contribution >= 4 is 15.9 Å². The molecule has 13 heavy (non-hydrogen) atoms. The molecule has 0 bridgehead atoms. The summed E-state index contributed by atoms with van der Waals surface area (Å²) in [6.07, 6.45) is 0. The number of benzene rings is 1. The first-order valence-corrected chi connectivity index (χ1v) is 4.43. The number of azide groups is 1. The van der Waals surface area contributed by atoms with Gasteiger partial charge in [0.1, 0.15) is 5.82 Å². The van der Waals surface area contributed by atoms with Gasteiger partial charge in [0.15, 0.2) is 0 Å². The Kier molecular flexibility index (Phi) is 3.28. The molecule has 0 fully saturated rings. The molecule has 0 aliphatic heterocycles. The van der Waals surface area contributed by atoms with Crippen molar-refractivity contribution < 1.29 is 4.39 Å². The highest BCUT2D eigenvalue weighted by atomic mass is 79.9. The van der Waals surface area contributed by atoms with Crippen LogP contribution in [0.5, 0.6) is 0 Å². The fourth-order valence-corrected chi connectivity index (χ4v) is 1.66. The lowest BCUT2D eigenvalue weighted by atomic mass is 10.1. The summed E-state index contributed by atoms with van der Waals surface area (Å²) in [5.41, 5.74) is 8.99. The van der Waals surface area contributed by atoms with Gasteiger partial charge in [0, 0.05) is 9.38 Å². The molecular weight excluding hydrogens is 237 g/mol. The van der Waals surface area contributed by atoms with Crippen LogP contribution in [-0.2, 0) is 0 Å². The van der Waals surface area contributed by atoms with Crippen LogP contribution in [0.4, 0.5) is 4.39 Å². The largest absolute Gasteiger partial charge is 0.207 e. The average Bonchev–Trinajstić information content (AvgIpc) is 2.04. The molecule has 0 heterocycles. The van der Waals surface area contributed by atoms with Crippen molar-refractivity contribution in [3.05, 3.63) is 44.5 Å². The van der Waals surface area contributed by atoms with Crippen molar-refractivity contribution in [1.29, 1.82) is 0 Å². The Bertz CT molecular complexity index is 360. The summed E-state index contributed by atoms with van der Waals surface area (Å²) in [5.74, 6) is -0.316. The van der Waals surface area contributed by atoms with Crippen molar-refractivity contribution in [2.24, 2.45) is 5.11 Å². The van der Waals surface area contributed by atoms with E-state index in [0.29, 0.717) is 4.47 Å². The van der Waals surface area contributed by atoms with Crippen molar-refractivity contribution in [1.82, 2.24) is 0 Å². The predicted molar refractivity (Wildman–Crippen MR) is 51.7 cm³/mol. The molecule has 0 radical (unpaired) electrons. The van der Waals surface area contributed by atoms with Gasteiger partial charge in [0.2, 0.25) is 0 Å². The molecule has 0 aromatic heterocycles. The first-order valence-electron chi connectivity index (χ1n) is 3.64. The molecule has 0 unspecified atom stereocenters. The second-order valence-corrected chi connectivity index (χ2v) is 3.40. The molecule has 0 N–H and O–H groups in total. The van der Waals surface area contributed by atoms with E-state index in [-0.39, 0.29) is 11.9 Å². The molecule has 5 heteroatoms. The molecule has 0 spiro atoms. The number of rotatable bonds is 2. The third kappa shape index (κ3) is 2.44. The van der Waals surface area contributed by atoms with Gasteiger partial charge in [0.25, 0.3) is 0 Å². The number of halogens is 2. The zero-order valence-corrected chi connectivity index (χ0v) is 8.49. The second kappa shape index (κ2) is 4.25. The summed E-state index contributed by atoms with van der Waals surface area (Å²) >= 11 is 3.19. The summed E-state index contributed by atoms with van der Waals surface area (Å²) in [7, 11) is 0. The summed E-state index contributed by atoms with van der Waals surface area (Å²) < 4.78 is 13.3. The quantitative estimate of drug-likeness (QED) is 0.429. The Balaban J connectivity index is 3.08. The summed E-state index contributed by atoms with van der Waals surface area (Å²) in [6.45, 7) is 1.75. The minimum Gasteiger partial charge on any atom is -0.207 e. The highest BCUT2D eigenvalue weighted by Gasteiger charge is 2.07. The van der Waals surface area contributed by atoms with Gasteiger partial charge >= 0.3 is 0 Å². The van der Waals surface area contributed by atoms with E-state index in [9.17, 15) is 4.39 Å². The first kappa shape index (κ1) is 10.0. The minimum absolute atomic E-state index is 0.292. The van der Waals surface area contributed by atoms with Crippen LogP contribution in [0.2, 0.25) is 0 Å². The van der Waals surface area contributed by atoms with Crippen LogP contribution in [-0.4, -0.2) is 0 Å². The fraction of sp³-hybridized carbons (Fsp3) is 0.250. The average molecular weight is 244 g/mol. The van der Waals surface area contributed by atoms with Crippen LogP contribution in [0.3, 0.4) is 0 Å². The van der Waals surface area contributed by atoms with Crippen LogP contribution in [0.15, 0.2) is 27.8 Å². The van der Waals surface area contributed by atoms with Gasteiger partial charge in [-0.25, -0.2) is 4.39 Å². The van der Waals surface area contributed by atoms with Crippen LogP contribution in [0.1, 0.15) is 18.5 Å². The molecule has 68 valence electrons. The summed E-state index contributed by atoms with van der Waals surface area (Å²) in [5, 5.41) is 3.51. The smallest absolute Gasteiger partial charge is 0.124 e. The molecule has 0 saturated heterocycles. The molecule has 1 aromatic carbocycles. The van der Waals surface area contributed by atoms with E-state index in [1.54, 1.807) is 13.0 Å². The number of hydrogen-bond acceptors (Lipinski definition) is 1. The fourth-order valence-electron chi connectivity index (χ4n) is 0.980. The van der Waals surface area contributed by atoms with Gasteiger partial charge in [-0.15, -0.1) is 0 Å². The SMILES string of the molecule is C[C@H](N=[N+]=[N-])c1ccc(F)cc1Br. The Labute approximate surface area is 83.3 Å². The van der Waals surface area contributed by atoms with Gasteiger partial charge in [0.05, 0.1) is 6.04 Å². The first-order chi connectivity index (χ1) is 6.15. The molecular formula is C8H7BrFN3. The van der Waals surface area contributed by atoms with E-state index < -0.39 is 0 Å². The Morgan fingerprint density at radius 1 is 1.62 bits per heavy atom. The molecule has 0 aliphatic rings. The van der Waals surface area contributed by atoms with Gasteiger partial charge in [-0.1, -0.05) is 34.0 Å². The zero-order chi connectivity index (χ0) is 9.84. The van der Waals surface area contributed by atoms with Crippen molar-refractivity contribution in [3.63, 3.8) is 0 Å². The van der Waals surface area contributed by atoms with Crippen LogP contribution in [0, 0.1) is 5.82 Å². The molecule has 0 saturated carbocycles. The Morgan fingerprint density at radius 3 is 2.85 bits per heavy atom. The van der Waals surface area contributed by atoms with E-state index in [4.69, 9.17) is 5.53 Å². The number of nitrogens with zero attached hydrogens (tertiary/aromatic N) is 3. The highest BCUT2D eigenvalue weighted by molar-refractivity contribution is 9.10. The molecule has 0 aliphatic carbocycles. The maximum absolute atomic E-state index is 12.7. The van der Waals surface area contributed by atoms with Gasteiger partial charge in [-0.2, -0.15) is 0 Å². The van der Waals surface area contributed by atoms with Crippen LogP contribution >= 0.6 is 15.9 Å². The van der Waals surface area contributed by atoms with E-state index in [2.05, 4.69) is 26.0 Å². The second-order valence-electron chi connectivity index (χ2n) is 2.55. The summed E-state index contributed by atoms with van der Waals surface area (Å²) in [6, 6.07) is 3.99. The molecule has 1 rings (SSSR count). The zero-order valence-electron chi connectivity index (χ0n) is 6.91. The highest BCUT2D eigenvalue weighted by Crippen LogP contribution is 2.26. The monoisotopic (exact) mass is 243 g/mol. The van der Waals surface area contributed by atoms with Gasteiger partial charge < -0.3 is 0 Å². The van der Waals surface area contributed by atoms with Crippen LogP contribution in [0.25, 0.3) is 10.4 Å². The van der Waals surface area contributed by atoms with E-state index >= 15 is 0 Å². The lowest BCUT2D eigenvalue weighted by Gasteiger charge is -2.06. The third-order valence-electron chi connectivity index (χ3n) is 1.64. The standard InChI is InChI=1S/C8H7BrFN3/c1-5(12-13-11)7-3-2-6(10)4-8(7)9/h2-5H,1H3/t5-/m0/s1. The minimum atomic E-state index is -0.316. The van der Waals surface area contributed by atoms with Crippen molar-refractivity contribution in [2.45, 2.75) is 13.0 Å². The molecule has 0 amide bonds. The lowest BCUT2D eigenvalue weighted by Crippen LogP contribution is -1.90. The molecule has 1 aromatic rings. The topological polar surface area (TPSA) is 48.8 Å². The van der Waals surface area contributed by atoms with Gasteiger partial charge in [-0.05, 0) is 23.2 Å². The van der Waals surface area contributed by atoms with E-state index in [1.807, 2.05) is 0 Å². The van der Waals surface area contributed by atoms with Crippen LogP contribution < -0.4 is 0 Å². The maximum Gasteiger partial charge on any atom is 0.124 e. The van der Waals surface area contributed by atoms with E-state index in [1.165, 1.54) is 12.1 Å². The maximum atomic E-state index is 12.7. The lowest BCUT2D eigenvalue weighted by molar-refractivity contribution is 0.624. The summed E-state index contributed by atoms with van der Waals surface area (Å²) in [4.78, 5) is 2.69. The Morgan fingerprint density at radius 2 is 2.31 bits per heavy atom. The van der Waals surface area contributed by atoms with E-state index in [0.717, 1.165) is 5.56 Å². The van der Waals surface area contributed by atoms with Gasteiger partial charge in [-0.3, -0.25) is 0 Å². The normalized spacial score (nSPS) is 11.9. The number of hydrogen-bond donors (Lipinski definition) is 0.